The second kappa shape index (κ2) is 417. The first-order valence-electron chi connectivity index (χ1n) is 1.64. The van der Waals surface area contributed by atoms with Crippen molar-refractivity contribution in [2.24, 2.45) is 21.4 Å². The zero-order valence-corrected chi connectivity index (χ0v) is 8.00. The molecule has 0 amide bonds. The maximum absolute atomic E-state index is 8.00. The molecule has 0 unspecified atom stereocenters. The third kappa shape index (κ3) is 241. The Hall–Kier alpha value is -2.18. The second-order valence-corrected chi connectivity index (χ2v) is 0.298. The van der Waals surface area contributed by atoms with Crippen molar-refractivity contribution in [3.63, 3.8) is 0 Å². The van der Waals surface area contributed by atoms with E-state index in [1.807, 2.05) is 0 Å². The Bertz CT molecular complexity index is 82.7. The van der Waals surface area contributed by atoms with Crippen molar-refractivity contribution in [3.05, 3.63) is 51.0 Å². The normalized spacial score (nSPS) is 3.47. The van der Waals surface area contributed by atoms with Crippen molar-refractivity contribution in [1.29, 1.82) is 0 Å². The molecule has 0 saturated carbocycles. The second-order valence-electron chi connectivity index (χ2n) is 0.298. The Kier molecular flexibility index (Phi) is 1070. The van der Waals surface area contributed by atoms with Gasteiger partial charge in [-0.2, -0.15) is 0 Å². The van der Waals surface area contributed by atoms with Gasteiger partial charge in [0.05, 0.1) is 0 Å². The number of hydrogen-bond acceptors (Lipinski definition) is 13. The summed E-state index contributed by atoms with van der Waals surface area (Å²) in [6, 6.07) is 0. The third-order valence-corrected chi connectivity index (χ3v) is 0. The molecule has 0 aromatic rings. The van der Waals surface area contributed by atoms with Crippen LogP contribution < -0.4 is 0 Å². The summed E-state index contributed by atoms with van der Waals surface area (Å²) in [5.74, 6) is 0. The molecule has 0 N–H and O–H groups in total. The summed E-state index contributed by atoms with van der Waals surface area (Å²) >= 11 is 0. The molecule has 15 heteroatoms. The minimum atomic E-state index is 0. The Morgan fingerprint density at radius 1 is 0.600 bits per heavy atom. The first kappa shape index (κ1) is 38.5. The van der Waals surface area contributed by atoms with Crippen LogP contribution in [0.2, 0.25) is 0 Å². The van der Waals surface area contributed by atoms with Crippen LogP contribution >= 0.6 is 0 Å². The molecule has 0 rings (SSSR count). The summed E-state index contributed by atoms with van der Waals surface area (Å²) in [6.45, 7) is 0. The summed E-state index contributed by atoms with van der Waals surface area (Å²) in [4.78, 5) is 39.2. The molecule has 1 radical (unpaired) electrons. The molecule has 0 aliphatic carbocycles. The zero-order chi connectivity index (χ0) is 12.8. The standard InChI is InChI=1S/4HNO2.NO.Ru/c4*2-1-3;1-2;/h4*(H,2,3);;/q;;;;-1;+1/p-4. The van der Waals surface area contributed by atoms with Gasteiger partial charge in [-0.05, 0) is 0 Å². The Morgan fingerprint density at radius 3 is 0.600 bits per heavy atom. The van der Waals surface area contributed by atoms with Crippen molar-refractivity contribution in [3.8, 4) is 0 Å². The van der Waals surface area contributed by atoms with Gasteiger partial charge in [-0.15, -0.1) is 21.4 Å². The predicted molar refractivity (Wildman–Crippen MR) is 43.4 cm³/mol. The van der Waals surface area contributed by atoms with Gasteiger partial charge in [0.25, 0.3) is 0 Å². The Morgan fingerprint density at radius 2 is 0.600 bits per heavy atom. The van der Waals surface area contributed by atoms with Gasteiger partial charge in [0.15, 0.2) is 0 Å². The van der Waals surface area contributed by atoms with Gasteiger partial charge >= 0.3 is 19.5 Å². The van der Waals surface area contributed by atoms with E-state index >= 15 is 0 Å². The topological polar surface area (TPSA) is 249 Å². The number of nitrogens with zero attached hydrogens (tertiary/aromatic N) is 5. The molecular formula is N5O9Ru-4. The largest absolute Gasteiger partial charge is 1.00 e. The molecule has 0 aliphatic heterocycles. The molecule has 0 aliphatic rings. The number of hydrogen-bond donors (Lipinski definition) is 0. The summed E-state index contributed by atoms with van der Waals surface area (Å²) in [5.41, 5.74) is 5.75. The van der Waals surface area contributed by atoms with E-state index in [4.69, 9.17) is 51.0 Å². The van der Waals surface area contributed by atoms with E-state index in [1.54, 1.807) is 0 Å². The van der Waals surface area contributed by atoms with E-state index in [0.29, 0.717) is 0 Å². The van der Waals surface area contributed by atoms with Crippen LogP contribution in [0.3, 0.4) is 0 Å². The summed E-state index contributed by atoms with van der Waals surface area (Å²) in [5, 5.41) is 36.0. The molecule has 0 atom stereocenters. The van der Waals surface area contributed by atoms with E-state index in [2.05, 4.69) is 0 Å². The van der Waals surface area contributed by atoms with E-state index < -0.39 is 0 Å². The van der Waals surface area contributed by atoms with Gasteiger partial charge in [0.2, 0.25) is 0 Å². The predicted octanol–water partition coefficient (Wildman–Crippen LogP) is 1.32. The SMILES string of the molecule is O=N[O-].O=N[O-].O=N[O-].O=N[O-].[N-]=O.[Ru+]. The molecule has 91 valence electrons. The molecule has 0 fully saturated rings. The smallest absolute Gasteiger partial charge is 0.577 e. The molecule has 14 nitrogen and oxygen atoms in total. The summed E-state index contributed by atoms with van der Waals surface area (Å²) < 4.78 is 0. The third-order valence-electron chi connectivity index (χ3n) is 0. The van der Waals surface area contributed by atoms with Gasteiger partial charge in [-0.1, -0.05) is 0 Å². The molecule has 0 heterocycles. The zero-order valence-electron chi connectivity index (χ0n) is 6.26. The van der Waals surface area contributed by atoms with Gasteiger partial charge < -0.3 is 51.0 Å². The van der Waals surface area contributed by atoms with Crippen molar-refractivity contribution in [2.45, 2.75) is 0 Å². The first-order chi connectivity index (χ1) is 6.66. The first-order valence-corrected chi connectivity index (χ1v) is 1.64. The Labute approximate surface area is 92.5 Å². The minimum Gasteiger partial charge on any atom is -0.577 e. The van der Waals surface area contributed by atoms with E-state index in [-0.39, 0.29) is 19.5 Å². The fourth-order valence-corrected chi connectivity index (χ4v) is 0. The van der Waals surface area contributed by atoms with Gasteiger partial charge in [0, 0.05) is 0 Å². The van der Waals surface area contributed by atoms with Crippen LogP contribution in [0.4, 0.5) is 0 Å². The van der Waals surface area contributed by atoms with Crippen LogP contribution in [0.15, 0.2) is 21.4 Å². The van der Waals surface area contributed by atoms with Crippen LogP contribution in [0.5, 0.6) is 0 Å². The summed E-state index contributed by atoms with van der Waals surface area (Å²) in [7, 11) is 0. The number of nitroso groups, excluding NO2 is 1. The van der Waals surface area contributed by atoms with Crippen molar-refractivity contribution in [1.82, 2.24) is 0 Å². The van der Waals surface area contributed by atoms with E-state index in [1.165, 1.54) is 0 Å². The van der Waals surface area contributed by atoms with Crippen LogP contribution in [-0.2, 0) is 19.5 Å². The molecule has 0 bridgehead atoms. The van der Waals surface area contributed by atoms with Gasteiger partial charge in [-0.25, -0.2) is 0 Å². The molecule has 0 spiro atoms. The summed E-state index contributed by atoms with van der Waals surface area (Å²) in [6.07, 6.45) is 0. The molecule has 0 saturated heterocycles. The van der Waals surface area contributed by atoms with Crippen molar-refractivity contribution in [2.75, 3.05) is 0 Å². The minimum absolute atomic E-state index is 0. The molecule has 0 aromatic heterocycles. The Balaban J connectivity index is -0.0000000167. The maximum atomic E-state index is 8.00. The van der Waals surface area contributed by atoms with Crippen molar-refractivity contribution < 1.29 is 19.5 Å². The average molecular weight is 315 g/mol. The van der Waals surface area contributed by atoms with Crippen LogP contribution in [0.1, 0.15) is 0 Å². The van der Waals surface area contributed by atoms with Crippen LogP contribution in [0, 0.1) is 45.4 Å². The van der Waals surface area contributed by atoms with Crippen molar-refractivity contribution >= 4 is 0 Å². The monoisotopic (exact) mass is 316 g/mol. The average Bonchev–Trinajstić information content (AvgIpc) is 2.12. The molecule has 0 aromatic carbocycles. The maximum Gasteiger partial charge on any atom is 1.00 e. The van der Waals surface area contributed by atoms with E-state index in [9.17, 15) is 0 Å². The van der Waals surface area contributed by atoms with Crippen LogP contribution in [-0.4, -0.2) is 0 Å². The quantitative estimate of drug-likeness (QED) is 0.354. The fraction of sp³-hybridized carbons (Fsp3) is 0. The molecular weight excluding hydrogens is 315 g/mol. The number of rotatable bonds is 0. The fourth-order valence-electron chi connectivity index (χ4n) is 0. The van der Waals surface area contributed by atoms with Gasteiger partial charge in [0.1, 0.15) is 0 Å². The van der Waals surface area contributed by atoms with Crippen LogP contribution in [0.25, 0.3) is 5.59 Å². The van der Waals surface area contributed by atoms with E-state index in [0.717, 1.165) is 21.4 Å². The van der Waals surface area contributed by atoms with Gasteiger partial charge in [-0.3, -0.25) is 0 Å². The molecule has 15 heavy (non-hydrogen) atoms.